The van der Waals surface area contributed by atoms with E-state index in [4.69, 9.17) is 10.8 Å². The topological polar surface area (TPSA) is 205 Å². The summed E-state index contributed by atoms with van der Waals surface area (Å²) in [5.41, 5.74) is 4.96. The number of unbranched alkanes of at least 4 members (excludes halogenated alkanes) is 2. The summed E-state index contributed by atoms with van der Waals surface area (Å²) < 4.78 is 0. The van der Waals surface area contributed by atoms with Crippen molar-refractivity contribution in [2.24, 2.45) is 5.73 Å². The second kappa shape index (κ2) is 14.4. The van der Waals surface area contributed by atoms with Crippen LogP contribution in [0.3, 0.4) is 0 Å². The normalized spacial score (nSPS) is 14.4. The van der Waals surface area contributed by atoms with Gasteiger partial charge in [0.05, 0.1) is 12.5 Å². The molecule has 1 unspecified atom stereocenters. The monoisotopic (exact) mass is 481 g/mol. The molecule has 6 N–H and O–H groups in total. The first kappa shape index (κ1) is 28.3. The highest BCUT2D eigenvalue weighted by molar-refractivity contribution is 6.12. The lowest BCUT2D eigenvalue weighted by molar-refractivity contribution is -0.141. The van der Waals surface area contributed by atoms with E-state index in [2.05, 4.69) is 16.0 Å². The number of carbonyl (C=O) groups excluding carboxylic acids is 6. The van der Waals surface area contributed by atoms with Gasteiger partial charge in [0.1, 0.15) is 6.04 Å². The van der Waals surface area contributed by atoms with Crippen molar-refractivity contribution in [2.45, 2.75) is 64.0 Å². The number of imide groups is 1. The molecule has 1 rings (SSSR count). The zero-order valence-electron chi connectivity index (χ0n) is 19.0. The number of ketones is 1. The Morgan fingerprint density at radius 1 is 0.971 bits per heavy atom. The highest BCUT2D eigenvalue weighted by Gasteiger charge is 2.27. The third-order valence-corrected chi connectivity index (χ3v) is 4.99. The fourth-order valence-electron chi connectivity index (χ4n) is 3.20. The molecule has 0 aliphatic carbocycles. The van der Waals surface area contributed by atoms with Crippen LogP contribution in [0.1, 0.15) is 51.9 Å². The second-order valence-corrected chi connectivity index (χ2v) is 7.80. The average molecular weight is 482 g/mol. The van der Waals surface area contributed by atoms with Crippen LogP contribution in [0.4, 0.5) is 4.79 Å². The van der Waals surface area contributed by atoms with Crippen LogP contribution < -0.4 is 21.7 Å². The predicted molar refractivity (Wildman–Crippen MR) is 118 cm³/mol. The second-order valence-electron chi connectivity index (χ2n) is 7.80. The third-order valence-electron chi connectivity index (χ3n) is 4.99. The SMILES string of the molecule is CC(=O)[C@H](CCCNC(N)=O)NC(=O)C(CC(=O)O)NC(=O)CCCCCN1C(=O)C=CC1=O. The molecule has 0 fully saturated rings. The molecule has 13 heteroatoms. The molecular formula is C21H31N5O8. The minimum atomic E-state index is -1.37. The van der Waals surface area contributed by atoms with Crippen LogP contribution in [0.5, 0.6) is 0 Å². The van der Waals surface area contributed by atoms with Gasteiger partial charge in [-0.25, -0.2) is 4.79 Å². The summed E-state index contributed by atoms with van der Waals surface area (Å²) in [6, 6.07) is -3.01. The largest absolute Gasteiger partial charge is 0.481 e. The van der Waals surface area contributed by atoms with Crippen molar-refractivity contribution in [3.63, 3.8) is 0 Å². The summed E-state index contributed by atoms with van der Waals surface area (Å²) in [6.07, 6.45) is 3.69. The summed E-state index contributed by atoms with van der Waals surface area (Å²) in [4.78, 5) is 82.5. The Morgan fingerprint density at radius 3 is 2.18 bits per heavy atom. The molecule has 0 saturated heterocycles. The number of aliphatic carboxylic acids is 1. The van der Waals surface area contributed by atoms with Gasteiger partial charge < -0.3 is 26.8 Å². The summed E-state index contributed by atoms with van der Waals surface area (Å²) in [5, 5.41) is 16.3. The quantitative estimate of drug-likeness (QED) is 0.135. The molecule has 1 aliphatic rings. The Bertz CT molecular complexity index is 823. The highest BCUT2D eigenvalue weighted by atomic mass is 16.4. The number of carboxylic acids is 1. The van der Waals surface area contributed by atoms with E-state index in [0.29, 0.717) is 25.7 Å². The molecule has 0 bridgehead atoms. The molecule has 188 valence electrons. The number of carbonyl (C=O) groups is 7. The van der Waals surface area contributed by atoms with E-state index >= 15 is 0 Å². The van der Waals surface area contributed by atoms with Gasteiger partial charge in [-0.1, -0.05) is 6.42 Å². The van der Waals surface area contributed by atoms with Gasteiger partial charge in [0, 0.05) is 31.7 Å². The van der Waals surface area contributed by atoms with Crippen LogP contribution in [0.15, 0.2) is 12.2 Å². The summed E-state index contributed by atoms with van der Waals surface area (Å²) in [6.45, 7) is 1.69. The van der Waals surface area contributed by atoms with Gasteiger partial charge in [-0.15, -0.1) is 0 Å². The lowest BCUT2D eigenvalue weighted by atomic mass is 10.1. The lowest BCUT2D eigenvalue weighted by Crippen LogP contribution is -2.52. The molecule has 0 spiro atoms. The Hall–Kier alpha value is -3.77. The Balaban J connectivity index is 2.48. The zero-order valence-corrected chi connectivity index (χ0v) is 19.0. The first-order chi connectivity index (χ1) is 16.0. The third kappa shape index (κ3) is 10.7. The fraction of sp³-hybridized carbons (Fsp3) is 0.571. The van der Waals surface area contributed by atoms with Crippen molar-refractivity contribution in [1.29, 1.82) is 0 Å². The number of nitrogens with zero attached hydrogens (tertiary/aromatic N) is 1. The first-order valence-corrected chi connectivity index (χ1v) is 10.9. The van der Waals surface area contributed by atoms with E-state index < -0.39 is 42.3 Å². The van der Waals surface area contributed by atoms with Gasteiger partial charge in [-0.05, 0) is 32.6 Å². The maximum absolute atomic E-state index is 12.5. The maximum Gasteiger partial charge on any atom is 0.312 e. The summed E-state index contributed by atoms with van der Waals surface area (Å²) in [7, 11) is 0. The number of hydrogen-bond acceptors (Lipinski definition) is 7. The van der Waals surface area contributed by atoms with E-state index in [0.717, 1.165) is 4.90 Å². The smallest absolute Gasteiger partial charge is 0.312 e. The summed E-state index contributed by atoms with van der Waals surface area (Å²) >= 11 is 0. The molecule has 0 saturated carbocycles. The Labute approximate surface area is 196 Å². The molecule has 1 heterocycles. The van der Waals surface area contributed by atoms with Crippen molar-refractivity contribution < 1.29 is 38.7 Å². The number of carboxylic acid groups (broad SMARTS) is 1. The number of rotatable bonds is 16. The minimum absolute atomic E-state index is 0.0124. The van der Waals surface area contributed by atoms with Crippen molar-refractivity contribution in [1.82, 2.24) is 20.9 Å². The van der Waals surface area contributed by atoms with E-state index in [-0.39, 0.29) is 43.5 Å². The van der Waals surface area contributed by atoms with Crippen molar-refractivity contribution >= 4 is 41.4 Å². The van der Waals surface area contributed by atoms with Gasteiger partial charge in [0.15, 0.2) is 5.78 Å². The molecule has 6 amide bonds. The van der Waals surface area contributed by atoms with E-state index in [9.17, 15) is 33.6 Å². The van der Waals surface area contributed by atoms with E-state index in [1.807, 2.05) is 0 Å². The first-order valence-electron chi connectivity index (χ1n) is 10.9. The zero-order chi connectivity index (χ0) is 25.7. The standard InChI is InChI=1S/C21H31N5O8/c1-13(27)14(6-5-10-23-21(22)34)25-20(33)15(12-19(31)32)24-16(28)7-3-2-4-11-26-17(29)8-9-18(26)30/h8-9,14-15H,2-7,10-12H2,1H3,(H,24,28)(H,25,33)(H,31,32)(H3,22,23,34)/t14-,15?/m0/s1. The van der Waals surface area contributed by atoms with Crippen molar-refractivity contribution in [2.75, 3.05) is 13.1 Å². The van der Waals surface area contributed by atoms with Gasteiger partial charge in [-0.2, -0.15) is 0 Å². The van der Waals surface area contributed by atoms with Crippen LogP contribution >= 0.6 is 0 Å². The van der Waals surface area contributed by atoms with Crippen LogP contribution in [0, 0.1) is 0 Å². The average Bonchev–Trinajstić information content (AvgIpc) is 3.06. The molecule has 0 aromatic heterocycles. The van der Waals surface area contributed by atoms with Gasteiger partial charge in [0.2, 0.25) is 11.8 Å². The molecule has 2 atom stereocenters. The van der Waals surface area contributed by atoms with Gasteiger partial charge >= 0.3 is 12.0 Å². The van der Waals surface area contributed by atoms with E-state index in [1.165, 1.54) is 19.1 Å². The number of hydrogen-bond donors (Lipinski definition) is 5. The van der Waals surface area contributed by atoms with Gasteiger partial charge in [0.25, 0.3) is 11.8 Å². The van der Waals surface area contributed by atoms with E-state index in [1.54, 1.807) is 0 Å². The Morgan fingerprint density at radius 2 is 1.62 bits per heavy atom. The number of nitrogens with one attached hydrogen (secondary N) is 3. The molecule has 0 radical (unpaired) electrons. The lowest BCUT2D eigenvalue weighted by Gasteiger charge is -2.21. The van der Waals surface area contributed by atoms with Crippen molar-refractivity contribution in [3.8, 4) is 0 Å². The van der Waals surface area contributed by atoms with Crippen LogP contribution in [0.2, 0.25) is 0 Å². The van der Waals surface area contributed by atoms with Crippen molar-refractivity contribution in [3.05, 3.63) is 12.2 Å². The minimum Gasteiger partial charge on any atom is -0.481 e. The molecule has 1 aliphatic heterocycles. The number of nitrogens with two attached hydrogens (primary N) is 1. The number of Topliss-reactive ketones (excluding diaryl/α,β-unsaturated/α-hetero) is 1. The van der Waals surface area contributed by atoms with Crippen LogP contribution in [-0.2, 0) is 28.8 Å². The Kier molecular flexibility index (Phi) is 12.0. The van der Waals surface area contributed by atoms with Crippen LogP contribution in [0.25, 0.3) is 0 Å². The number of primary amides is 1. The van der Waals surface area contributed by atoms with Crippen LogP contribution in [-0.4, -0.2) is 76.6 Å². The number of urea groups is 1. The molecular weight excluding hydrogens is 450 g/mol. The fourth-order valence-corrected chi connectivity index (χ4v) is 3.20. The van der Waals surface area contributed by atoms with Gasteiger partial charge in [-0.3, -0.25) is 33.7 Å². The molecule has 0 aromatic carbocycles. The summed E-state index contributed by atoms with van der Waals surface area (Å²) in [5.74, 6) is -3.77. The highest BCUT2D eigenvalue weighted by Crippen LogP contribution is 2.08. The molecule has 13 nitrogen and oxygen atoms in total. The molecule has 34 heavy (non-hydrogen) atoms. The predicted octanol–water partition coefficient (Wildman–Crippen LogP) is -1.05. The maximum atomic E-state index is 12.5. The number of amides is 6. The molecule has 0 aromatic rings.